The number of carbonyl (C=O) groups excluding carboxylic acids is 5. The Hall–Kier alpha value is -8.40. The Morgan fingerprint density at radius 3 is 1.67 bits per heavy atom. The zero-order chi connectivity index (χ0) is 40.2. The summed E-state index contributed by atoms with van der Waals surface area (Å²) in [6.07, 6.45) is 0. The van der Waals surface area contributed by atoms with Crippen LogP contribution in [0.15, 0.2) is 82.4 Å². The summed E-state index contributed by atoms with van der Waals surface area (Å²) in [6.45, 7) is 0.242. The van der Waals surface area contributed by atoms with Gasteiger partial charge in [-0.2, -0.15) is 5.26 Å². The first-order chi connectivity index (χ1) is 27.4. The number of rotatable bonds is 7. The van der Waals surface area contributed by atoms with Gasteiger partial charge in [0.25, 0.3) is 34.7 Å². The maximum Gasteiger partial charge on any atom is 0.287 e. The first kappa shape index (κ1) is 36.9. The van der Waals surface area contributed by atoms with Crippen molar-refractivity contribution >= 4 is 62.7 Å². The minimum absolute atomic E-state index is 0.0278. The fourth-order valence-electron chi connectivity index (χ4n) is 5.73. The van der Waals surface area contributed by atoms with Gasteiger partial charge >= 0.3 is 0 Å². The highest BCUT2D eigenvalue weighted by Crippen LogP contribution is 2.29. The van der Waals surface area contributed by atoms with Crippen LogP contribution in [0, 0.1) is 11.3 Å². The molecule has 2 aliphatic heterocycles. The lowest BCUT2D eigenvalue weighted by Crippen LogP contribution is -2.28. The van der Waals surface area contributed by atoms with Gasteiger partial charge in [0.1, 0.15) is 11.5 Å². The van der Waals surface area contributed by atoms with Crippen molar-refractivity contribution in [1.82, 2.24) is 30.6 Å². The molecule has 5 amide bonds. The number of nitriles is 1. The van der Waals surface area contributed by atoms with Crippen molar-refractivity contribution in [3.63, 3.8) is 0 Å². The molecule has 0 bridgehead atoms. The molecule has 57 heavy (non-hydrogen) atoms. The van der Waals surface area contributed by atoms with Crippen LogP contribution in [0.25, 0.3) is 21.8 Å². The van der Waals surface area contributed by atoms with E-state index in [1.54, 1.807) is 36.4 Å². The van der Waals surface area contributed by atoms with Gasteiger partial charge in [-0.15, -0.1) is 0 Å². The van der Waals surface area contributed by atoms with Crippen LogP contribution in [0.5, 0.6) is 11.5 Å². The number of nitrogens with zero attached hydrogens (tertiary/aromatic N) is 3. The molecule has 2 aromatic heterocycles. The molecule has 0 radical (unpaired) electrons. The predicted molar refractivity (Wildman–Crippen MR) is 201 cm³/mol. The van der Waals surface area contributed by atoms with Crippen molar-refractivity contribution < 1.29 is 33.4 Å². The average molecular weight is 769 g/mol. The summed E-state index contributed by atoms with van der Waals surface area (Å²) in [5.74, 6) is -1.48. The number of primary amides is 1. The smallest absolute Gasteiger partial charge is 0.287 e. The zero-order valence-corrected chi connectivity index (χ0v) is 29.3. The molecule has 4 heterocycles. The van der Waals surface area contributed by atoms with E-state index in [4.69, 9.17) is 20.5 Å². The number of hydrogen-bond donors (Lipinski definition) is 7. The van der Waals surface area contributed by atoms with Gasteiger partial charge in [0.05, 0.1) is 44.8 Å². The molecule has 4 aromatic carbocycles. The standard InChI is InChI=1S/C19H15N5O5.C19H13N5O4/c20-16(26)10-2-3-12-11(6-10)18(27)24-17(23-12)19(28)21-7-9-1-4-14-13(5-9)22-15(25)8-29-14;20-7-10-1-3-13-12(5-10)18(26)24-17(23-13)19(27)21-8-11-2-4-15-14(6-11)22-16(25)9-28-15/h1-6H,7-8H2,(H2,20,26)(H,21,28)(H,22,25)(H,23,24,27);1-6H,8-9H2,(H,21,27)(H,22,25)(H,23,24,26). The number of amides is 5. The summed E-state index contributed by atoms with van der Waals surface area (Å²) >= 11 is 0. The Kier molecular flexibility index (Phi) is 10.1. The van der Waals surface area contributed by atoms with Crippen molar-refractivity contribution in [2.75, 3.05) is 23.8 Å². The number of hydrogen-bond acceptors (Lipinski definition) is 12. The molecule has 0 unspecified atom stereocenters. The number of nitrogens with one attached hydrogen (secondary N) is 6. The third-order valence-electron chi connectivity index (χ3n) is 8.51. The number of fused-ring (bicyclic) bond motifs is 4. The van der Waals surface area contributed by atoms with Gasteiger partial charge in [-0.25, -0.2) is 9.97 Å². The number of nitrogens with two attached hydrogens (primary N) is 1. The fraction of sp³-hybridized carbons (Fsp3) is 0.105. The van der Waals surface area contributed by atoms with E-state index >= 15 is 0 Å². The van der Waals surface area contributed by atoms with Gasteiger partial charge in [-0.3, -0.25) is 33.6 Å². The molecule has 8 rings (SSSR count). The summed E-state index contributed by atoms with van der Waals surface area (Å²) in [5.41, 5.74) is 7.76. The lowest BCUT2D eigenvalue weighted by atomic mass is 10.1. The van der Waals surface area contributed by atoms with E-state index in [1.807, 2.05) is 6.07 Å². The van der Waals surface area contributed by atoms with Crippen molar-refractivity contribution in [2.24, 2.45) is 5.73 Å². The number of benzene rings is 4. The van der Waals surface area contributed by atoms with E-state index < -0.39 is 28.8 Å². The molecular formula is C38H28N10O9. The molecule has 19 nitrogen and oxygen atoms in total. The maximum atomic E-state index is 12.4. The third kappa shape index (κ3) is 8.24. The van der Waals surface area contributed by atoms with Crippen LogP contribution in [-0.2, 0) is 22.7 Å². The molecule has 2 aliphatic rings. The van der Waals surface area contributed by atoms with Gasteiger partial charge in [0, 0.05) is 18.7 Å². The highest BCUT2D eigenvalue weighted by atomic mass is 16.5. The molecule has 0 atom stereocenters. The minimum atomic E-state index is -0.667. The zero-order valence-electron chi connectivity index (χ0n) is 29.3. The van der Waals surface area contributed by atoms with Gasteiger partial charge < -0.3 is 46.4 Å². The number of carbonyl (C=O) groups is 5. The van der Waals surface area contributed by atoms with Crippen LogP contribution >= 0.6 is 0 Å². The number of ether oxygens (including phenoxy) is 2. The lowest BCUT2D eigenvalue weighted by Gasteiger charge is -2.18. The van der Waals surface area contributed by atoms with E-state index in [9.17, 15) is 33.6 Å². The average Bonchev–Trinajstić information content (AvgIpc) is 3.21. The van der Waals surface area contributed by atoms with Crippen molar-refractivity contribution in [3.05, 3.63) is 127 Å². The van der Waals surface area contributed by atoms with E-state index in [0.717, 1.165) is 11.1 Å². The lowest BCUT2D eigenvalue weighted by molar-refractivity contribution is -0.119. The van der Waals surface area contributed by atoms with Crippen LogP contribution in [0.3, 0.4) is 0 Å². The van der Waals surface area contributed by atoms with Crippen LogP contribution in [0.4, 0.5) is 11.4 Å². The Morgan fingerprint density at radius 2 is 1.18 bits per heavy atom. The quantitative estimate of drug-likeness (QED) is 0.121. The summed E-state index contributed by atoms with van der Waals surface area (Å²) < 4.78 is 10.6. The molecule has 0 aliphatic carbocycles. The molecule has 0 spiro atoms. The molecule has 0 fully saturated rings. The van der Waals surface area contributed by atoms with E-state index in [-0.39, 0.29) is 71.6 Å². The molecule has 0 saturated carbocycles. The SMILES string of the molecule is N#Cc1ccc2nc(C(=O)NCc3ccc4c(c3)NC(=O)CO4)[nH]c(=O)c2c1.NC(=O)c1ccc2nc(C(=O)NCc3ccc4c(c3)NC(=O)CO4)[nH]c(=O)c2c1. The Morgan fingerprint density at radius 1 is 0.684 bits per heavy atom. The van der Waals surface area contributed by atoms with Crippen LogP contribution < -0.4 is 47.6 Å². The summed E-state index contributed by atoms with van der Waals surface area (Å²) in [4.78, 5) is 96.4. The number of aromatic amines is 2. The van der Waals surface area contributed by atoms with Gasteiger partial charge in [-0.05, 0) is 71.8 Å². The Balaban J connectivity index is 0.000000174. The molecule has 284 valence electrons. The maximum absolute atomic E-state index is 12.4. The van der Waals surface area contributed by atoms with Crippen molar-refractivity contribution in [3.8, 4) is 17.6 Å². The molecule has 0 saturated heterocycles. The Labute approximate surface area is 319 Å². The summed E-state index contributed by atoms with van der Waals surface area (Å²) in [6, 6.07) is 20.9. The minimum Gasteiger partial charge on any atom is -0.482 e. The van der Waals surface area contributed by atoms with E-state index in [0.29, 0.717) is 34.0 Å². The largest absolute Gasteiger partial charge is 0.482 e. The third-order valence-corrected chi connectivity index (χ3v) is 8.51. The topological polar surface area (TPSA) is 293 Å². The molecule has 8 N–H and O–H groups in total. The second kappa shape index (κ2) is 15.5. The van der Waals surface area contributed by atoms with Crippen molar-refractivity contribution in [2.45, 2.75) is 13.1 Å². The number of anilines is 2. The highest BCUT2D eigenvalue weighted by molar-refractivity contribution is 5.98. The summed E-state index contributed by atoms with van der Waals surface area (Å²) in [5, 5.41) is 20.0. The second-order valence-corrected chi connectivity index (χ2v) is 12.5. The monoisotopic (exact) mass is 768 g/mol. The normalized spacial score (nSPS) is 12.5. The van der Waals surface area contributed by atoms with E-state index in [1.165, 1.54) is 36.4 Å². The van der Waals surface area contributed by atoms with Crippen LogP contribution in [0.1, 0.15) is 48.3 Å². The second-order valence-electron chi connectivity index (χ2n) is 12.5. The van der Waals surface area contributed by atoms with Gasteiger partial charge in [-0.1, -0.05) is 12.1 Å². The van der Waals surface area contributed by atoms with Crippen LogP contribution in [-0.4, -0.2) is 62.7 Å². The Bertz CT molecular complexity index is 2840. The van der Waals surface area contributed by atoms with Crippen LogP contribution in [0.2, 0.25) is 0 Å². The number of H-pyrrole nitrogens is 2. The van der Waals surface area contributed by atoms with E-state index in [2.05, 4.69) is 41.2 Å². The highest BCUT2D eigenvalue weighted by Gasteiger charge is 2.19. The summed E-state index contributed by atoms with van der Waals surface area (Å²) in [7, 11) is 0. The van der Waals surface area contributed by atoms with Crippen molar-refractivity contribution in [1.29, 1.82) is 5.26 Å². The first-order valence-corrected chi connectivity index (χ1v) is 16.9. The predicted octanol–water partition coefficient (Wildman–Crippen LogP) is 1.34. The first-order valence-electron chi connectivity index (χ1n) is 16.9. The van der Waals surface area contributed by atoms with Gasteiger partial charge in [0.2, 0.25) is 5.91 Å². The van der Waals surface area contributed by atoms with Gasteiger partial charge in [0.15, 0.2) is 24.9 Å². The number of aromatic nitrogens is 4. The fourth-order valence-corrected chi connectivity index (χ4v) is 5.73. The molecule has 19 heteroatoms. The molecule has 6 aromatic rings. The molecular weight excluding hydrogens is 740 g/mol.